The Morgan fingerprint density at radius 3 is 2.65 bits per heavy atom. The van der Waals surface area contributed by atoms with E-state index in [2.05, 4.69) is 29.6 Å². The van der Waals surface area contributed by atoms with Crippen molar-refractivity contribution in [3.8, 4) is 0 Å². The molecule has 0 radical (unpaired) electrons. The molecule has 1 unspecified atom stereocenters. The van der Waals surface area contributed by atoms with Crippen LogP contribution in [-0.4, -0.2) is 37.1 Å². The summed E-state index contributed by atoms with van der Waals surface area (Å²) in [5.74, 6) is 0.195. The van der Waals surface area contributed by atoms with Crippen LogP contribution in [0.1, 0.15) is 31.2 Å². The fraction of sp³-hybridized carbons (Fsp3) is 0.562. The van der Waals surface area contributed by atoms with E-state index in [1.165, 1.54) is 24.8 Å². The molecule has 1 N–H and O–H groups in total. The summed E-state index contributed by atoms with van der Waals surface area (Å²) >= 11 is 0. The number of benzene rings is 1. The summed E-state index contributed by atoms with van der Waals surface area (Å²) in [6.07, 6.45) is 5.66. The molecule has 1 atom stereocenters. The van der Waals surface area contributed by atoms with Gasteiger partial charge in [0.25, 0.3) is 0 Å². The Kier molecular flexibility index (Phi) is 3.92. The Hall–Kier alpha value is -1.55. The van der Waals surface area contributed by atoms with Gasteiger partial charge in [-0.2, -0.15) is 0 Å². The van der Waals surface area contributed by atoms with Crippen LogP contribution in [0.15, 0.2) is 24.3 Å². The average Bonchev–Trinajstić information content (AvgIpc) is 2.81. The standard InChI is InChI=1S/C16H23N3O/c1-18-16(20)9-11-19(18)15-7-5-13(6-8-15)12-14-4-2-3-10-17-14/h5-8,14,17H,2-4,9-12H2,1H3. The maximum atomic E-state index is 11.6. The van der Waals surface area contributed by atoms with Crippen molar-refractivity contribution in [2.45, 2.75) is 38.1 Å². The van der Waals surface area contributed by atoms with Gasteiger partial charge in [0.05, 0.1) is 5.69 Å². The highest BCUT2D eigenvalue weighted by Crippen LogP contribution is 2.22. The minimum absolute atomic E-state index is 0.195. The third-order valence-corrected chi connectivity index (χ3v) is 4.39. The zero-order valence-electron chi connectivity index (χ0n) is 12.1. The number of carbonyl (C=O) groups excluding carboxylic acids is 1. The van der Waals surface area contributed by atoms with E-state index < -0.39 is 0 Å². The molecule has 4 nitrogen and oxygen atoms in total. The molecule has 2 heterocycles. The van der Waals surface area contributed by atoms with Crippen LogP contribution in [0.2, 0.25) is 0 Å². The van der Waals surface area contributed by atoms with Crippen molar-refractivity contribution in [2.24, 2.45) is 0 Å². The number of amides is 1. The second kappa shape index (κ2) is 5.83. The van der Waals surface area contributed by atoms with Crippen LogP contribution in [-0.2, 0) is 11.2 Å². The summed E-state index contributed by atoms with van der Waals surface area (Å²) in [5.41, 5.74) is 2.49. The minimum Gasteiger partial charge on any atom is -0.314 e. The molecular weight excluding hydrogens is 250 g/mol. The number of rotatable bonds is 3. The molecule has 20 heavy (non-hydrogen) atoms. The first kappa shape index (κ1) is 13.4. The molecule has 2 fully saturated rings. The summed E-state index contributed by atoms with van der Waals surface area (Å²) in [6.45, 7) is 1.95. The van der Waals surface area contributed by atoms with E-state index in [4.69, 9.17) is 0 Å². The Labute approximate surface area is 120 Å². The maximum Gasteiger partial charge on any atom is 0.242 e. The van der Waals surface area contributed by atoms with Crippen LogP contribution in [0.4, 0.5) is 5.69 Å². The first-order valence-electron chi connectivity index (χ1n) is 7.60. The minimum atomic E-state index is 0.195. The largest absolute Gasteiger partial charge is 0.314 e. The predicted molar refractivity (Wildman–Crippen MR) is 80.5 cm³/mol. The van der Waals surface area contributed by atoms with Gasteiger partial charge in [-0.3, -0.25) is 14.8 Å². The SMILES string of the molecule is CN1C(=O)CCN1c1ccc(CC2CCCCN2)cc1. The molecule has 3 rings (SSSR count). The van der Waals surface area contributed by atoms with Gasteiger partial charge in [0, 0.05) is 26.1 Å². The molecular formula is C16H23N3O. The molecule has 0 aromatic heterocycles. The van der Waals surface area contributed by atoms with E-state index in [9.17, 15) is 4.79 Å². The second-order valence-corrected chi connectivity index (χ2v) is 5.81. The Bertz CT molecular complexity index is 465. The van der Waals surface area contributed by atoms with Crippen molar-refractivity contribution in [2.75, 3.05) is 25.1 Å². The highest BCUT2D eigenvalue weighted by molar-refractivity contribution is 5.81. The number of nitrogens with zero attached hydrogens (tertiary/aromatic N) is 2. The molecule has 0 spiro atoms. The van der Waals surface area contributed by atoms with Crippen LogP contribution >= 0.6 is 0 Å². The Morgan fingerprint density at radius 1 is 1.25 bits per heavy atom. The van der Waals surface area contributed by atoms with E-state index in [1.54, 1.807) is 5.01 Å². The van der Waals surface area contributed by atoms with Gasteiger partial charge >= 0.3 is 0 Å². The van der Waals surface area contributed by atoms with Crippen LogP contribution in [0, 0.1) is 0 Å². The van der Waals surface area contributed by atoms with Crippen molar-refractivity contribution in [1.29, 1.82) is 0 Å². The number of hydrogen-bond acceptors (Lipinski definition) is 3. The fourth-order valence-electron chi connectivity index (χ4n) is 3.14. The molecule has 2 aliphatic rings. The molecule has 0 aliphatic carbocycles. The van der Waals surface area contributed by atoms with Gasteiger partial charge in [0.15, 0.2) is 0 Å². The first-order chi connectivity index (χ1) is 9.74. The van der Waals surface area contributed by atoms with Crippen LogP contribution in [0.25, 0.3) is 0 Å². The topological polar surface area (TPSA) is 35.6 Å². The number of hydrogen-bond donors (Lipinski definition) is 1. The lowest BCUT2D eigenvalue weighted by molar-refractivity contribution is -0.126. The van der Waals surface area contributed by atoms with Crippen LogP contribution in [0.3, 0.4) is 0 Å². The molecule has 2 saturated heterocycles. The second-order valence-electron chi connectivity index (χ2n) is 5.81. The third kappa shape index (κ3) is 2.80. The Balaban J connectivity index is 1.63. The van der Waals surface area contributed by atoms with Gasteiger partial charge in [0.1, 0.15) is 0 Å². The summed E-state index contributed by atoms with van der Waals surface area (Å²) in [6, 6.07) is 9.29. The summed E-state index contributed by atoms with van der Waals surface area (Å²) < 4.78 is 0. The third-order valence-electron chi connectivity index (χ3n) is 4.39. The number of anilines is 1. The van der Waals surface area contributed by atoms with Crippen molar-refractivity contribution >= 4 is 11.6 Å². The van der Waals surface area contributed by atoms with Gasteiger partial charge in [-0.15, -0.1) is 0 Å². The van der Waals surface area contributed by atoms with E-state index in [0.717, 1.165) is 25.2 Å². The fourth-order valence-corrected chi connectivity index (χ4v) is 3.14. The maximum absolute atomic E-state index is 11.6. The van der Waals surface area contributed by atoms with E-state index in [0.29, 0.717) is 12.5 Å². The highest BCUT2D eigenvalue weighted by atomic mass is 16.2. The lowest BCUT2D eigenvalue weighted by Crippen LogP contribution is -2.36. The van der Waals surface area contributed by atoms with E-state index >= 15 is 0 Å². The first-order valence-corrected chi connectivity index (χ1v) is 7.60. The normalized spacial score (nSPS) is 23.4. The lowest BCUT2D eigenvalue weighted by atomic mass is 9.98. The van der Waals surface area contributed by atoms with Gasteiger partial charge in [-0.05, 0) is 43.5 Å². The number of nitrogens with one attached hydrogen (secondary N) is 1. The summed E-state index contributed by atoms with van der Waals surface area (Å²) in [4.78, 5) is 11.6. The molecule has 4 heteroatoms. The average molecular weight is 273 g/mol. The van der Waals surface area contributed by atoms with Crippen molar-refractivity contribution in [3.63, 3.8) is 0 Å². The van der Waals surface area contributed by atoms with Crippen LogP contribution in [0.5, 0.6) is 0 Å². The monoisotopic (exact) mass is 273 g/mol. The molecule has 1 aromatic rings. The van der Waals surface area contributed by atoms with Gasteiger partial charge in [0.2, 0.25) is 5.91 Å². The van der Waals surface area contributed by atoms with Crippen molar-refractivity contribution < 1.29 is 4.79 Å². The number of piperidine rings is 1. The highest BCUT2D eigenvalue weighted by Gasteiger charge is 2.25. The molecule has 0 saturated carbocycles. The number of hydrazine groups is 1. The van der Waals surface area contributed by atoms with Crippen molar-refractivity contribution in [1.82, 2.24) is 10.3 Å². The molecule has 1 aromatic carbocycles. The van der Waals surface area contributed by atoms with Gasteiger partial charge < -0.3 is 5.32 Å². The van der Waals surface area contributed by atoms with Crippen molar-refractivity contribution in [3.05, 3.63) is 29.8 Å². The zero-order chi connectivity index (χ0) is 13.9. The molecule has 0 bridgehead atoms. The lowest BCUT2D eigenvalue weighted by Gasteiger charge is -2.27. The quantitative estimate of drug-likeness (QED) is 0.914. The zero-order valence-corrected chi connectivity index (χ0v) is 12.1. The number of carbonyl (C=O) groups is 1. The Morgan fingerprint density at radius 2 is 2.05 bits per heavy atom. The molecule has 2 aliphatic heterocycles. The van der Waals surface area contributed by atoms with Gasteiger partial charge in [-0.1, -0.05) is 18.6 Å². The molecule has 1 amide bonds. The van der Waals surface area contributed by atoms with E-state index in [-0.39, 0.29) is 5.91 Å². The van der Waals surface area contributed by atoms with Crippen LogP contribution < -0.4 is 10.3 Å². The summed E-state index contributed by atoms with van der Waals surface area (Å²) in [5, 5.41) is 7.35. The van der Waals surface area contributed by atoms with Gasteiger partial charge in [-0.25, -0.2) is 0 Å². The predicted octanol–water partition coefficient (Wildman–Crippen LogP) is 1.95. The summed E-state index contributed by atoms with van der Waals surface area (Å²) in [7, 11) is 1.84. The smallest absolute Gasteiger partial charge is 0.242 e. The van der Waals surface area contributed by atoms with E-state index in [1.807, 2.05) is 12.1 Å². The molecule has 108 valence electrons.